The average molecular weight is 586 g/mol. The molecule has 0 radical (unpaired) electrons. The van der Waals surface area contributed by atoms with Gasteiger partial charge in [0.2, 0.25) is 0 Å². The minimum atomic E-state index is -0.357. The summed E-state index contributed by atoms with van der Waals surface area (Å²) in [6.45, 7) is 16.2. The maximum absolute atomic E-state index is 11.1. The summed E-state index contributed by atoms with van der Waals surface area (Å²) >= 11 is 0. The molecule has 1 saturated heterocycles. The van der Waals surface area contributed by atoms with Crippen LogP contribution in [0.4, 0.5) is 0 Å². The van der Waals surface area contributed by atoms with E-state index in [9.17, 15) is 4.79 Å². The van der Waals surface area contributed by atoms with Gasteiger partial charge in [0, 0.05) is 18.8 Å². The SMILES string of the molecule is C/C=C\C.C=C(C)c1cc(C(=O)OC)ccn1.CCc1ccc(CN2CCC(NCCc3ccccc3)CC2)cc1OC. The molecule has 6 heteroatoms. The second-order valence-corrected chi connectivity index (χ2v) is 10.6. The van der Waals surface area contributed by atoms with Gasteiger partial charge < -0.3 is 14.8 Å². The van der Waals surface area contributed by atoms with Gasteiger partial charge in [0.15, 0.2) is 0 Å². The van der Waals surface area contributed by atoms with Gasteiger partial charge in [0.1, 0.15) is 5.75 Å². The molecule has 0 amide bonds. The van der Waals surface area contributed by atoms with Crippen molar-refractivity contribution < 1.29 is 14.3 Å². The molecule has 0 bridgehead atoms. The topological polar surface area (TPSA) is 63.7 Å². The predicted octanol–water partition coefficient (Wildman–Crippen LogP) is 7.54. The first-order valence-corrected chi connectivity index (χ1v) is 15.3. The number of rotatable bonds is 10. The number of pyridine rings is 1. The zero-order valence-electron chi connectivity index (χ0n) is 27.1. The molecule has 1 aliphatic rings. The van der Waals surface area contributed by atoms with Gasteiger partial charge in [-0.2, -0.15) is 0 Å². The third kappa shape index (κ3) is 13.0. The number of allylic oxidation sites excluding steroid dienone is 3. The Hall–Kier alpha value is -3.74. The number of hydrogen-bond donors (Lipinski definition) is 1. The maximum atomic E-state index is 11.1. The number of methoxy groups -OCH3 is 2. The first-order chi connectivity index (χ1) is 20.8. The zero-order chi connectivity index (χ0) is 31.5. The summed E-state index contributed by atoms with van der Waals surface area (Å²) in [4.78, 5) is 17.7. The van der Waals surface area contributed by atoms with Gasteiger partial charge in [0.05, 0.1) is 25.5 Å². The Morgan fingerprint density at radius 1 is 1.02 bits per heavy atom. The number of piperidine rings is 1. The summed E-state index contributed by atoms with van der Waals surface area (Å²) in [5.74, 6) is 0.673. The van der Waals surface area contributed by atoms with E-state index in [-0.39, 0.29) is 5.97 Å². The van der Waals surface area contributed by atoms with Crippen molar-refractivity contribution in [2.45, 2.75) is 66.0 Å². The smallest absolute Gasteiger partial charge is 0.337 e. The molecule has 1 N–H and O–H groups in total. The largest absolute Gasteiger partial charge is 0.496 e. The summed E-state index contributed by atoms with van der Waals surface area (Å²) < 4.78 is 10.1. The lowest BCUT2D eigenvalue weighted by Crippen LogP contribution is -2.42. The number of aromatic nitrogens is 1. The molecule has 1 aromatic heterocycles. The van der Waals surface area contributed by atoms with Gasteiger partial charge in [-0.3, -0.25) is 9.88 Å². The summed E-state index contributed by atoms with van der Waals surface area (Å²) in [7, 11) is 3.12. The van der Waals surface area contributed by atoms with Crippen LogP contribution in [0.15, 0.2) is 85.6 Å². The highest BCUT2D eigenvalue weighted by atomic mass is 16.5. The molecule has 2 heterocycles. The van der Waals surface area contributed by atoms with Crippen molar-refractivity contribution in [3.8, 4) is 5.75 Å². The second kappa shape index (κ2) is 20.2. The van der Waals surface area contributed by atoms with Crippen LogP contribution in [0.5, 0.6) is 5.75 Å². The van der Waals surface area contributed by atoms with E-state index < -0.39 is 0 Å². The number of benzene rings is 2. The Morgan fingerprint density at radius 2 is 1.72 bits per heavy atom. The fraction of sp³-hybridized carbons (Fsp3) is 0.405. The van der Waals surface area contributed by atoms with Crippen molar-refractivity contribution in [1.29, 1.82) is 0 Å². The van der Waals surface area contributed by atoms with E-state index in [1.54, 1.807) is 25.4 Å². The number of nitrogens with zero attached hydrogens (tertiary/aromatic N) is 2. The summed E-state index contributed by atoms with van der Waals surface area (Å²) in [6, 6.07) is 21.4. The molecule has 2 aromatic carbocycles. The van der Waals surface area contributed by atoms with Gasteiger partial charge in [-0.25, -0.2) is 4.79 Å². The lowest BCUT2D eigenvalue weighted by molar-refractivity contribution is 0.0600. The molecule has 4 rings (SSSR count). The lowest BCUT2D eigenvalue weighted by atomic mass is 10.0. The Kier molecular flexibility index (Phi) is 16.7. The van der Waals surface area contributed by atoms with Crippen molar-refractivity contribution in [2.75, 3.05) is 33.9 Å². The number of likely N-dealkylation sites (tertiary alicyclic amines) is 1. The number of carbonyl (C=O) groups is 1. The van der Waals surface area contributed by atoms with E-state index in [1.165, 1.54) is 49.7 Å². The molecule has 3 aromatic rings. The van der Waals surface area contributed by atoms with Crippen LogP contribution in [0, 0.1) is 0 Å². The lowest BCUT2D eigenvalue weighted by Gasteiger charge is -2.32. The first-order valence-electron chi connectivity index (χ1n) is 15.3. The van der Waals surface area contributed by atoms with Gasteiger partial charge >= 0.3 is 5.97 Å². The number of ether oxygens (including phenoxy) is 2. The van der Waals surface area contributed by atoms with Crippen LogP contribution in [-0.2, 0) is 24.1 Å². The normalized spacial score (nSPS) is 13.3. The Morgan fingerprint density at radius 3 is 2.30 bits per heavy atom. The first kappa shape index (κ1) is 35.5. The number of carbonyl (C=O) groups excluding carboxylic acids is 1. The zero-order valence-corrected chi connectivity index (χ0v) is 27.1. The van der Waals surface area contributed by atoms with Crippen molar-refractivity contribution >= 4 is 11.5 Å². The molecule has 1 aliphatic heterocycles. The minimum Gasteiger partial charge on any atom is -0.496 e. The van der Waals surface area contributed by atoms with Crippen LogP contribution in [0.3, 0.4) is 0 Å². The Labute approximate surface area is 259 Å². The van der Waals surface area contributed by atoms with Crippen LogP contribution in [-0.4, -0.2) is 55.7 Å². The number of esters is 1. The van der Waals surface area contributed by atoms with Gasteiger partial charge in [-0.05, 0) is 107 Å². The summed E-state index contributed by atoms with van der Waals surface area (Å²) in [5.41, 5.74) is 6.10. The van der Waals surface area contributed by atoms with Crippen LogP contribution in [0.25, 0.3) is 5.57 Å². The third-order valence-corrected chi connectivity index (χ3v) is 7.37. The highest BCUT2D eigenvalue weighted by Gasteiger charge is 2.19. The second-order valence-electron chi connectivity index (χ2n) is 10.6. The maximum Gasteiger partial charge on any atom is 0.337 e. The molecular weight excluding hydrogens is 534 g/mol. The van der Waals surface area contributed by atoms with Crippen LogP contribution < -0.4 is 10.1 Å². The highest BCUT2D eigenvalue weighted by Crippen LogP contribution is 2.22. The quantitative estimate of drug-likeness (QED) is 0.196. The number of aryl methyl sites for hydroxylation is 1. The molecule has 6 nitrogen and oxygen atoms in total. The molecule has 0 atom stereocenters. The Bertz CT molecular complexity index is 1260. The van der Waals surface area contributed by atoms with E-state index in [1.807, 2.05) is 32.9 Å². The van der Waals surface area contributed by atoms with Crippen molar-refractivity contribution in [3.63, 3.8) is 0 Å². The summed E-state index contributed by atoms with van der Waals surface area (Å²) in [6.07, 6.45) is 10.2. The Balaban J connectivity index is 0.000000316. The standard InChI is InChI=1S/C23H32N2O.C10H11NO2.C4H8/c1-3-21-10-9-20(17-23(21)26-2)18-25-15-12-22(13-16-25)24-14-11-19-7-5-4-6-8-19;1-7(2)9-6-8(4-5-11-9)10(12)13-3;1-3-4-2/h4-10,17,22,24H,3,11-16,18H2,1-2H3;4-6H,1H2,2-3H3;3-4H,1-2H3/b;;4-3-. The van der Waals surface area contributed by atoms with E-state index in [2.05, 4.69) is 82.0 Å². The fourth-order valence-corrected chi connectivity index (χ4v) is 4.71. The van der Waals surface area contributed by atoms with Crippen LogP contribution >= 0.6 is 0 Å². The molecule has 43 heavy (non-hydrogen) atoms. The average Bonchev–Trinajstić information content (AvgIpc) is 3.06. The monoisotopic (exact) mass is 585 g/mol. The van der Waals surface area contributed by atoms with Gasteiger partial charge in [-0.1, -0.05) is 68.1 Å². The molecule has 1 fully saturated rings. The van der Waals surface area contributed by atoms with Crippen molar-refractivity contribution in [2.24, 2.45) is 0 Å². The molecule has 0 unspecified atom stereocenters. The molecule has 0 spiro atoms. The number of hydrogen-bond acceptors (Lipinski definition) is 6. The molecule has 0 saturated carbocycles. The van der Waals surface area contributed by atoms with Crippen LogP contribution in [0.1, 0.15) is 73.3 Å². The predicted molar refractivity (Wildman–Crippen MR) is 180 cm³/mol. The van der Waals surface area contributed by atoms with Gasteiger partial charge in [0.25, 0.3) is 0 Å². The summed E-state index contributed by atoms with van der Waals surface area (Å²) in [5, 5.41) is 3.74. The minimum absolute atomic E-state index is 0.357. The van der Waals surface area contributed by atoms with Crippen molar-refractivity contribution in [3.05, 3.63) is 114 Å². The van der Waals surface area contributed by atoms with E-state index >= 15 is 0 Å². The third-order valence-electron chi connectivity index (χ3n) is 7.37. The number of nitrogens with one attached hydrogen (secondary N) is 1. The van der Waals surface area contributed by atoms with E-state index in [0.29, 0.717) is 17.3 Å². The highest BCUT2D eigenvalue weighted by molar-refractivity contribution is 5.89. The van der Waals surface area contributed by atoms with E-state index in [4.69, 9.17) is 4.74 Å². The van der Waals surface area contributed by atoms with Crippen LogP contribution in [0.2, 0.25) is 0 Å². The molecule has 232 valence electrons. The molecular formula is C37H51N3O3. The molecule has 0 aliphatic carbocycles. The van der Waals surface area contributed by atoms with E-state index in [0.717, 1.165) is 37.3 Å². The van der Waals surface area contributed by atoms with Gasteiger partial charge in [-0.15, -0.1) is 0 Å². The fourth-order valence-electron chi connectivity index (χ4n) is 4.71. The van der Waals surface area contributed by atoms with Crippen molar-refractivity contribution in [1.82, 2.24) is 15.2 Å².